The van der Waals surface area contributed by atoms with Crippen molar-refractivity contribution in [2.24, 2.45) is 0 Å². The maximum atomic E-state index is 12.5. The van der Waals surface area contributed by atoms with Crippen LogP contribution in [-0.4, -0.2) is 19.2 Å². The van der Waals surface area contributed by atoms with Crippen molar-refractivity contribution in [3.63, 3.8) is 0 Å². The maximum Gasteiger partial charge on any atom is 0.189 e. The number of halogens is 1. The molecule has 0 saturated carbocycles. The molecule has 0 aliphatic carbocycles. The number of methoxy groups -OCH3 is 1. The van der Waals surface area contributed by atoms with Gasteiger partial charge in [-0.25, -0.2) is 0 Å². The molecule has 0 fully saturated rings. The maximum absolute atomic E-state index is 12.5. The third-order valence-corrected chi connectivity index (χ3v) is 5.23. The molecule has 0 radical (unpaired) electrons. The van der Waals surface area contributed by atoms with E-state index < -0.39 is 0 Å². The van der Waals surface area contributed by atoms with Crippen LogP contribution < -0.4 is 14.8 Å². The topological polar surface area (TPSA) is 35.5 Å². The summed E-state index contributed by atoms with van der Waals surface area (Å²) < 4.78 is 10.9. The molecule has 0 aliphatic heterocycles. The Morgan fingerprint density at radius 3 is 2.67 bits per heavy atom. The highest BCUT2D eigenvalue weighted by Crippen LogP contribution is 2.29. The summed E-state index contributed by atoms with van der Waals surface area (Å²) in [5.41, 5.74) is 0.584. The fourth-order valence-electron chi connectivity index (χ4n) is 2.25. The van der Waals surface area contributed by atoms with E-state index in [1.807, 2.05) is 24.3 Å². The molecule has 2 rings (SSSR count). The van der Waals surface area contributed by atoms with Gasteiger partial charge in [0, 0.05) is 0 Å². The van der Waals surface area contributed by atoms with Crippen LogP contribution in [0, 0.1) is 0 Å². The van der Waals surface area contributed by atoms with Crippen LogP contribution in [0.3, 0.4) is 0 Å². The molecule has 1 unspecified atom stereocenters. The van der Waals surface area contributed by atoms with Gasteiger partial charge in [0.25, 0.3) is 0 Å². The molecular weight excluding hydrogens is 343 g/mol. The number of carbonyl (C=O) groups excluding carboxylic acids is 1. The molecule has 0 aliphatic rings. The number of para-hydroxylation sites is 1. The molecule has 3 nitrogen and oxygen atoms in total. The Morgan fingerprint density at radius 2 is 1.96 bits per heavy atom. The fraction of sp³-hybridized carbons (Fsp3) is 0.316. The molecule has 2 aromatic rings. The van der Waals surface area contributed by atoms with Gasteiger partial charge in [0.2, 0.25) is 0 Å². The third-order valence-electron chi connectivity index (χ3n) is 3.56. The molecule has 0 amide bonds. The number of hydrogen-bond acceptors (Lipinski definition) is 3. The summed E-state index contributed by atoms with van der Waals surface area (Å²) in [7, 11) is 1.51. The number of carbonyl (C=O) groups is 1. The van der Waals surface area contributed by atoms with Gasteiger partial charge in [-0.1, -0.05) is 43.5 Å². The van der Waals surface area contributed by atoms with Crippen molar-refractivity contribution in [2.75, 3.05) is 13.7 Å². The first kappa shape index (κ1) is 18.8. The van der Waals surface area contributed by atoms with Crippen LogP contribution in [0.2, 0.25) is 5.02 Å². The second-order valence-corrected chi connectivity index (χ2v) is 7.00. The lowest BCUT2D eigenvalue weighted by atomic mass is 10.2. The van der Waals surface area contributed by atoms with Gasteiger partial charge in [-0.05, 0) is 50.6 Å². The van der Waals surface area contributed by atoms with Crippen molar-refractivity contribution in [2.45, 2.75) is 26.2 Å². The molecule has 0 saturated heterocycles. The van der Waals surface area contributed by atoms with Crippen molar-refractivity contribution in [3.05, 3.63) is 53.1 Å². The van der Waals surface area contributed by atoms with Gasteiger partial charge in [-0.15, -0.1) is 0 Å². The fourth-order valence-corrected chi connectivity index (χ4v) is 3.51. The first-order valence-electron chi connectivity index (χ1n) is 8.02. The number of rotatable bonds is 9. The zero-order chi connectivity index (χ0) is 17.4. The minimum Gasteiger partial charge on any atom is -0.496 e. The van der Waals surface area contributed by atoms with Crippen LogP contribution in [0.15, 0.2) is 42.5 Å². The standard InChI is InChI=1S/C19H22ClO3P/c1-3-4-7-12-23-14-10-11-18(16(20)13-14)24-19(21)15-8-5-6-9-17(15)22-2/h5-6,8-11,13,24H,3-4,7,12H2,1-2H3. The highest BCUT2D eigenvalue weighted by molar-refractivity contribution is 7.66. The van der Waals surface area contributed by atoms with Gasteiger partial charge >= 0.3 is 0 Å². The van der Waals surface area contributed by atoms with E-state index in [0.29, 0.717) is 22.9 Å². The molecule has 1 atom stereocenters. The molecule has 0 aromatic heterocycles. The highest BCUT2D eigenvalue weighted by atomic mass is 35.5. The molecule has 0 bridgehead atoms. The first-order chi connectivity index (χ1) is 11.7. The molecule has 0 heterocycles. The Bertz CT molecular complexity index is 688. The predicted octanol–water partition coefficient (Wildman–Crippen LogP) is 5.06. The van der Waals surface area contributed by atoms with Crippen LogP contribution in [0.1, 0.15) is 36.5 Å². The second-order valence-electron chi connectivity index (χ2n) is 5.35. The summed E-state index contributed by atoms with van der Waals surface area (Å²) in [5, 5.41) is 1.37. The average molecular weight is 365 g/mol. The molecule has 5 heteroatoms. The van der Waals surface area contributed by atoms with Crippen molar-refractivity contribution in [1.29, 1.82) is 0 Å². The third kappa shape index (κ3) is 5.22. The van der Waals surface area contributed by atoms with Gasteiger partial charge in [-0.2, -0.15) is 0 Å². The van der Waals surface area contributed by atoms with Crippen molar-refractivity contribution in [1.82, 2.24) is 0 Å². The van der Waals surface area contributed by atoms with Gasteiger partial charge in [0.05, 0.1) is 24.3 Å². The number of benzene rings is 2. The van der Waals surface area contributed by atoms with Gasteiger partial charge < -0.3 is 9.47 Å². The minimum absolute atomic E-state index is 0.00552. The van der Waals surface area contributed by atoms with Gasteiger partial charge in [-0.3, -0.25) is 4.79 Å². The summed E-state index contributed by atoms with van der Waals surface area (Å²) >= 11 is 6.32. The van der Waals surface area contributed by atoms with Crippen LogP contribution in [-0.2, 0) is 0 Å². The van der Waals surface area contributed by atoms with E-state index in [-0.39, 0.29) is 14.1 Å². The molecular formula is C19H22ClO3P. The van der Waals surface area contributed by atoms with Crippen LogP contribution in [0.25, 0.3) is 0 Å². The lowest BCUT2D eigenvalue weighted by Gasteiger charge is -2.10. The van der Waals surface area contributed by atoms with E-state index >= 15 is 0 Å². The second kappa shape index (κ2) is 9.66. The first-order valence-corrected chi connectivity index (χ1v) is 9.40. The van der Waals surface area contributed by atoms with Gasteiger partial charge in [0.1, 0.15) is 11.5 Å². The Morgan fingerprint density at radius 1 is 1.17 bits per heavy atom. The lowest BCUT2D eigenvalue weighted by molar-refractivity contribution is 0.108. The van der Waals surface area contributed by atoms with E-state index in [1.54, 1.807) is 25.3 Å². The monoisotopic (exact) mass is 364 g/mol. The van der Waals surface area contributed by atoms with E-state index in [0.717, 1.165) is 30.3 Å². The zero-order valence-electron chi connectivity index (χ0n) is 14.0. The minimum atomic E-state index is -0.0537. The predicted molar refractivity (Wildman–Crippen MR) is 102 cm³/mol. The Kier molecular flexibility index (Phi) is 7.55. The summed E-state index contributed by atoms with van der Waals surface area (Å²) in [4.78, 5) is 12.5. The molecule has 0 N–H and O–H groups in total. The lowest BCUT2D eigenvalue weighted by Crippen LogP contribution is -2.05. The smallest absolute Gasteiger partial charge is 0.189 e. The van der Waals surface area contributed by atoms with E-state index in [1.165, 1.54) is 0 Å². The summed E-state index contributed by atoms with van der Waals surface area (Å²) in [5.74, 6) is 1.33. The quantitative estimate of drug-likeness (QED) is 0.460. The average Bonchev–Trinajstić information content (AvgIpc) is 2.60. The van der Waals surface area contributed by atoms with E-state index in [9.17, 15) is 4.79 Å². The number of unbranched alkanes of at least 4 members (excludes halogenated alkanes) is 2. The Balaban J connectivity index is 2.03. The summed E-state index contributed by atoms with van der Waals surface area (Å²) in [6, 6.07) is 12.7. The number of hydrogen-bond donors (Lipinski definition) is 0. The van der Waals surface area contributed by atoms with Crippen molar-refractivity contribution >= 4 is 31.0 Å². The normalized spacial score (nSPS) is 11.0. The summed E-state index contributed by atoms with van der Waals surface area (Å²) in [6.07, 6.45) is 3.35. The van der Waals surface area contributed by atoms with Crippen LogP contribution in [0.4, 0.5) is 0 Å². The van der Waals surface area contributed by atoms with E-state index in [2.05, 4.69) is 6.92 Å². The van der Waals surface area contributed by atoms with E-state index in [4.69, 9.17) is 21.1 Å². The van der Waals surface area contributed by atoms with Crippen LogP contribution in [0.5, 0.6) is 11.5 Å². The largest absolute Gasteiger partial charge is 0.496 e. The molecule has 128 valence electrons. The van der Waals surface area contributed by atoms with Gasteiger partial charge in [0.15, 0.2) is 5.52 Å². The zero-order valence-corrected chi connectivity index (χ0v) is 15.7. The Labute approximate surface area is 150 Å². The summed E-state index contributed by atoms with van der Waals surface area (Å²) in [6.45, 7) is 2.84. The van der Waals surface area contributed by atoms with Crippen molar-refractivity contribution < 1.29 is 14.3 Å². The SMILES string of the molecule is CCCCCOc1ccc(PC(=O)c2ccccc2OC)c(Cl)c1. The van der Waals surface area contributed by atoms with Crippen molar-refractivity contribution in [3.8, 4) is 11.5 Å². The number of ether oxygens (including phenoxy) is 2. The highest BCUT2D eigenvalue weighted by Gasteiger charge is 2.14. The van der Waals surface area contributed by atoms with Crippen LogP contribution >= 0.6 is 20.2 Å². The molecule has 2 aromatic carbocycles. The molecule has 0 spiro atoms. The molecule has 24 heavy (non-hydrogen) atoms. The Hall–Kier alpha value is -1.57.